The first-order valence-electron chi connectivity index (χ1n) is 5.57. The summed E-state index contributed by atoms with van der Waals surface area (Å²) in [5, 5.41) is 0.408. The highest BCUT2D eigenvalue weighted by Crippen LogP contribution is 2.25. The molecule has 0 aliphatic carbocycles. The molecule has 0 unspecified atom stereocenters. The Bertz CT molecular complexity index is 447. The quantitative estimate of drug-likeness (QED) is 0.785. The summed E-state index contributed by atoms with van der Waals surface area (Å²) in [5.41, 5.74) is 0. The van der Waals surface area contributed by atoms with Gasteiger partial charge in [-0.15, -0.1) is 0 Å². The van der Waals surface area contributed by atoms with Gasteiger partial charge in [0.2, 0.25) is 5.28 Å². The number of nitrogens with zero attached hydrogens (tertiary/aromatic N) is 4. The molecule has 0 saturated carbocycles. The zero-order chi connectivity index (χ0) is 14.0. The van der Waals surface area contributed by atoms with Crippen LogP contribution in [0.25, 0.3) is 0 Å². The Morgan fingerprint density at radius 3 is 2.37 bits per heavy atom. The van der Waals surface area contributed by atoms with Gasteiger partial charge in [0.05, 0.1) is 12.7 Å². The molecule has 4 nitrogen and oxygen atoms in total. The minimum Gasteiger partial charge on any atom is -0.353 e. The summed E-state index contributed by atoms with van der Waals surface area (Å²) in [7, 11) is 0. The maximum atomic E-state index is 12.3. The molecular weight excluding hydrogens is 304 g/mol. The molecule has 1 aromatic rings. The van der Waals surface area contributed by atoms with Crippen LogP contribution in [-0.4, -0.2) is 53.8 Å². The molecule has 0 spiro atoms. The topological polar surface area (TPSA) is 32.3 Å². The predicted molar refractivity (Wildman–Crippen MR) is 66.8 cm³/mol. The first-order valence-corrected chi connectivity index (χ1v) is 6.33. The third-order valence-corrected chi connectivity index (χ3v) is 3.22. The van der Waals surface area contributed by atoms with Crippen LogP contribution in [0.4, 0.5) is 19.0 Å². The number of hydrogen-bond donors (Lipinski definition) is 0. The summed E-state index contributed by atoms with van der Waals surface area (Å²) in [6.07, 6.45) is -2.79. The van der Waals surface area contributed by atoms with E-state index in [0.29, 0.717) is 37.0 Å². The Morgan fingerprint density at radius 1 is 1.16 bits per heavy atom. The van der Waals surface area contributed by atoms with E-state index in [2.05, 4.69) is 9.97 Å². The van der Waals surface area contributed by atoms with Gasteiger partial charge in [0.25, 0.3) is 0 Å². The lowest BCUT2D eigenvalue weighted by Gasteiger charge is -2.35. The summed E-state index contributed by atoms with van der Waals surface area (Å²) < 4.78 is 36.8. The van der Waals surface area contributed by atoms with Gasteiger partial charge in [-0.25, -0.2) is 4.98 Å². The van der Waals surface area contributed by atoms with E-state index in [1.54, 1.807) is 0 Å². The summed E-state index contributed by atoms with van der Waals surface area (Å²) in [4.78, 5) is 10.9. The van der Waals surface area contributed by atoms with Crippen molar-refractivity contribution in [1.29, 1.82) is 0 Å². The minimum absolute atomic E-state index is 0.0668. The van der Waals surface area contributed by atoms with Gasteiger partial charge >= 0.3 is 6.18 Å². The van der Waals surface area contributed by atoms with Crippen molar-refractivity contribution in [2.45, 2.75) is 6.18 Å². The minimum atomic E-state index is -4.17. The van der Waals surface area contributed by atoms with Gasteiger partial charge in [-0.3, -0.25) is 4.90 Å². The first-order chi connectivity index (χ1) is 8.85. The van der Waals surface area contributed by atoms with E-state index in [9.17, 15) is 13.2 Å². The first kappa shape index (κ1) is 14.6. The molecule has 0 amide bonds. The smallest absolute Gasteiger partial charge is 0.353 e. The normalized spacial score (nSPS) is 17.8. The highest BCUT2D eigenvalue weighted by Gasteiger charge is 2.32. The Morgan fingerprint density at radius 2 is 1.79 bits per heavy atom. The number of piperazine rings is 1. The molecule has 19 heavy (non-hydrogen) atoms. The molecule has 0 aromatic carbocycles. The van der Waals surface area contributed by atoms with Crippen LogP contribution in [0, 0.1) is 0 Å². The van der Waals surface area contributed by atoms with Crippen LogP contribution >= 0.6 is 23.2 Å². The van der Waals surface area contributed by atoms with E-state index in [-0.39, 0.29) is 5.28 Å². The van der Waals surface area contributed by atoms with Crippen molar-refractivity contribution in [3.8, 4) is 0 Å². The van der Waals surface area contributed by atoms with E-state index in [4.69, 9.17) is 23.2 Å². The Labute approximate surface area is 118 Å². The second-order valence-electron chi connectivity index (χ2n) is 4.19. The molecule has 2 rings (SSSR count). The molecular formula is C10H11Cl2F3N4. The fourth-order valence-electron chi connectivity index (χ4n) is 1.93. The van der Waals surface area contributed by atoms with Crippen LogP contribution in [-0.2, 0) is 0 Å². The second-order valence-corrected chi connectivity index (χ2v) is 4.93. The van der Waals surface area contributed by atoms with Crippen molar-refractivity contribution in [3.63, 3.8) is 0 Å². The second kappa shape index (κ2) is 5.68. The van der Waals surface area contributed by atoms with Gasteiger partial charge in [-0.2, -0.15) is 18.2 Å². The van der Waals surface area contributed by atoms with Crippen molar-refractivity contribution in [2.75, 3.05) is 37.6 Å². The lowest BCUT2D eigenvalue weighted by atomic mass is 10.3. The van der Waals surface area contributed by atoms with Crippen molar-refractivity contribution in [3.05, 3.63) is 16.5 Å². The molecule has 2 heterocycles. The summed E-state index contributed by atoms with van der Waals surface area (Å²) in [5.74, 6) is 0.466. The molecule has 0 radical (unpaired) electrons. The monoisotopic (exact) mass is 314 g/mol. The molecule has 1 aliphatic rings. The predicted octanol–water partition coefficient (Wildman–Crippen LogP) is 2.47. The van der Waals surface area contributed by atoms with Gasteiger partial charge in [0.1, 0.15) is 5.02 Å². The maximum absolute atomic E-state index is 12.3. The Kier molecular flexibility index (Phi) is 4.37. The van der Waals surface area contributed by atoms with Crippen LogP contribution in [0.1, 0.15) is 0 Å². The van der Waals surface area contributed by atoms with Gasteiger partial charge in [-0.05, 0) is 11.6 Å². The van der Waals surface area contributed by atoms with Crippen molar-refractivity contribution >= 4 is 29.0 Å². The molecule has 0 bridgehead atoms. The molecule has 1 saturated heterocycles. The highest BCUT2D eigenvalue weighted by atomic mass is 35.5. The zero-order valence-corrected chi connectivity index (χ0v) is 11.3. The maximum Gasteiger partial charge on any atom is 0.401 e. The third-order valence-electron chi connectivity index (χ3n) is 2.77. The zero-order valence-electron chi connectivity index (χ0n) is 9.79. The molecule has 1 aliphatic heterocycles. The van der Waals surface area contributed by atoms with Crippen LogP contribution in [0.5, 0.6) is 0 Å². The number of aromatic nitrogens is 2. The summed E-state index contributed by atoms with van der Waals surface area (Å²) >= 11 is 11.6. The molecule has 1 fully saturated rings. The van der Waals surface area contributed by atoms with E-state index in [0.717, 1.165) is 0 Å². The number of hydrogen-bond acceptors (Lipinski definition) is 4. The standard InChI is InChI=1S/C10H11Cl2F3N4/c11-7-5-16-9(12)17-8(7)19-3-1-18(2-4-19)6-10(13,14)15/h5H,1-4,6H2. The molecule has 1 aromatic heterocycles. The Balaban J connectivity index is 1.98. The van der Waals surface area contributed by atoms with Gasteiger partial charge in [0, 0.05) is 26.2 Å². The van der Waals surface area contributed by atoms with E-state index >= 15 is 0 Å². The lowest BCUT2D eigenvalue weighted by Crippen LogP contribution is -2.49. The summed E-state index contributed by atoms with van der Waals surface area (Å²) in [6, 6.07) is 0. The van der Waals surface area contributed by atoms with Gasteiger partial charge < -0.3 is 4.90 Å². The molecule has 0 N–H and O–H groups in total. The van der Waals surface area contributed by atoms with Crippen molar-refractivity contribution < 1.29 is 13.2 Å². The van der Waals surface area contributed by atoms with E-state index in [1.165, 1.54) is 11.1 Å². The lowest BCUT2D eigenvalue weighted by molar-refractivity contribution is -0.146. The van der Waals surface area contributed by atoms with Crippen LogP contribution in [0.3, 0.4) is 0 Å². The molecule has 9 heteroatoms. The van der Waals surface area contributed by atoms with Gasteiger partial charge in [0.15, 0.2) is 5.82 Å². The SMILES string of the molecule is FC(F)(F)CN1CCN(c2nc(Cl)ncc2Cl)CC1. The number of halogens is 5. The fraction of sp³-hybridized carbons (Fsp3) is 0.600. The van der Waals surface area contributed by atoms with Crippen LogP contribution in [0.15, 0.2) is 6.20 Å². The van der Waals surface area contributed by atoms with Gasteiger partial charge in [-0.1, -0.05) is 11.6 Å². The molecule has 106 valence electrons. The number of anilines is 1. The number of alkyl halides is 3. The van der Waals surface area contributed by atoms with Crippen molar-refractivity contribution in [2.24, 2.45) is 0 Å². The van der Waals surface area contributed by atoms with E-state index < -0.39 is 12.7 Å². The average Bonchev–Trinajstić information content (AvgIpc) is 2.31. The Hall–Kier alpha value is -0.790. The van der Waals surface area contributed by atoms with Crippen LogP contribution < -0.4 is 4.90 Å². The van der Waals surface area contributed by atoms with Crippen molar-refractivity contribution in [1.82, 2.24) is 14.9 Å². The summed E-state index contributed by atoms with van der Waals surface area (Å²) in [6.45, 7) is 0.556. The third kappa shape index (κ3) is 4.09. The fourth-order valence-corrected chi connectivity index (χ4v) is 2.27. The average molecular weight is 315 g/mol. The largest absolute Gasteiger partial charge is 0.401 e. The number of rotatable bonds is 2. The van der Waals surface area contributed by atoms with Crippen LogP contribution in [0.2, 0.25) is 10.3 Å². The molecule has 0 atom stereocenters. The highest BCUT2D eigenvalue weighted by molar-refractivity contribution is 6.33. The van der Waals surface area contributed by atoms with E-state index in [1.807, 2.05) is 4.90 Å².